The molecule has 0 bridgehead atoms. The largest absolute Gasteiger partial charge is 0.478 e. The van der Waals surface area contributed by atoms with Gasteiger partial charge in [0.2, 0.25) is 0 Å². The number of carbonyl (C=O) groups excluding carboxylic acids is 2. The molecule has 3 heterocycles. The first kappa shape index (κ1) is 25.2. The summed E-state index contributed by atoms with van der Waals surface area (Å²) in [6, 6.07) is 5.00. The van der Waals surface area contributed by atoms with Crippen molar-refractivity contribution in [1.29, 1.82) is 0 Å². The molecule has 2 amide bonds. The molecule has 0 saturated carbocycles. The van der Waals surface area contributed by atoms with Crippen molar-refractivity contribution in [3.05, 3.63) is 57.7 Å². The van der Waals surface area contributed by atoms with Gasteiger partial charge in [-0.3, -0.25) is 14.5 Å². The number of nitrogens with one attached hydrogen (secondary N) is 1. The molecule has 4 rings (SSSR count). The highest BCUT2D eigenvalue weighted by molar-refractivity contribution is 8.00. The van der Waals surface area contributed by atoms with E-state index in [0.717, 1.165) is 11.3 Å². The number of rotatable bonds is 9. The Hall–Kier alpha value is -3.91. The van der Waals surface area contributed by atoms with E-state index >= 15 is 0 Å². The van der Waals surface area contributed by atoms with Gasteiger partial charge in [-0.05, 0) is 29.7 Å². The third kappa shape index (κ3) is 4.90. The van der Waals surface area contributed by atoms with Gasteiger partial charge in [0.15, 0.2) is 10.8 Å². The van der Waals surface area contributed by atoms with Crippen molar-refractivity contribution in [2.75, 3.05) is 11.5 Å². The number of carboxylic acids is 2. The quantitative estimate of drug-likeness (QED) is 0.210. The summed E-state index contributed by atoms with van der Waals surface area (Å²) in [5, 5.41) is 26.3. The van der Waals surface area contributed by atoms with Crippen LogP contribution in [0.15, 0.2) is 46.1 Å². The summed E-state index contributed by atoms with van der Waals surface area (Å²) in [6.45, 7) is 1.77. The predicted octanol–water partition coefficient (Wildman–Crippen LogP) is 1.49. The van der Waals surface area contributed by atoms with E-state index in [0.29, 0.717) is 23.3 Å². The number of thiazole rings is 1. The first-order valence-electron chi connectivity index (χ1n) is 10.7. The van der Waals surface area contributed by atoms with Crippen LogP contribution >= 0.6 is 23.1 Å². The molecule has 1 fully saturated rings. The first-order valence-corrected chi connectivity index (χ1v) is 12.6. The number of fused-ring (bicyclic) bond motifs is 1. The second-order valence-corrected chi connectivity index (χ2v) is 9.75. The molecule has 0 aliphatic carbocycles. The lowest BCUT2D eigenvalue weighted by Gasteiger charge is -2.49. The van der Waals surface area contributed by atoms with Crippen molar-refractivity contribution in [2.24, 2.45) is 5.16 Å². The van der Waals surface area contributed by atoms with Crippen LogP contribution in [0, 0.1) is 0 Å². The van der Waals surface area contributed by atoms with Gasteiger partial charge in [0.05, 0.1) is 5.56 Å². The summed E-state index contributed by atoms with van der Waals surface area (Å²) in [5.41, 5.74) is 7.00. The average molecular weight is 532 g/mol. The van der Waals surface area contributed by atoms with Crippen molar-refractivity contribution in [3.8, 4) is 0 Å². The van der Waals surface area contributed by atoms with Crippen LogP contribution in [0.5, 0.6) is 0 Å². The first-order chi connectivity index (χ1) is 17.2. The Labute approximate surface area is 212 Å². The number of nitrogen functional groups attached to an aromatic ring is 1. The summed E-state index contributed by atoms with van der Waals surface area (Å²) in [4.78, 5) is 59.2. The van der Waals surface area contributed by atoms with Crippen molar-refractivity contribution in [1.82, 2.24) is 15.2 Å². The lowest BCUT2D eigenvalue weighted by molar-refractivity contribution is -0.150. The Morgan fingerprint density at radius 2 is 1.97 bits per heavy atom. The molecule has 36 heavy (non-hydrogen) atoms. The van der Waals surface area contributed by atoms with Crippen LogP contribution in [0.25, 0.3) is 0 Å². The van der Waals surface area contributed by atoms with Gasteiger partial charge in [-0.25, -0.2) is 14.6 Å². The van der Waals surface area contributed by atoms with E-state index in [-0.39, 0.29) is 34.4 Å². The van der Waals surface area contributed by atoms with Gasteiger partial charge in [-0.15, -0.1) is 23.1 Å². The Bertz CT molecular complexity index is 1290. The Balaban J connectivity index is 1.49. The van der Waals surface area contributed by atoms with Crippen molar-refractivity contribution in [3.63, 3.8) is 0 Å². The van der Waals surface area contributed by atoms with E-state index in [1.54, 1.807) is 12.1 Å². The van der Waals surface area contributed by atoms with Gasteiger partial charge in [0, 0.05) is 11.1 Å². The molecule has 5 N–H and O–H groups in total. The molecular formula is C22H21N5O7S2. The molecule has 0 radical (unpaired) electrons. The number of nitrogens with zero attached hydrogens (tertiary/aromatic N) is 3. The molecule has 2 aromatic rings. The van der Waals surface area contributed by atoms with Crippen LogP contribution in [0.3, 0.4) is 0 Å². The zero-order chi connectivity index (χ0) is 26.0. The summed E-state index contributed by atoms with van der Waals surface area (Å²) in [5.74, 6) is -3.06. The predicted molar refractivity (Wildman–Crippen MR) is 131 cm³/mol. The van der Waals surface area contributed by atoms with Crippen LogP contribution in [-0.2, 0) is 25.8 Å². The van der Waals surface area contributed by atoms with E-state index in [1.807, 2.05) is 6.92 Å². The number of oxime groups is 1. The van der Waals surface area contributed by atoms with Gasteiger partial charge in [-0.2, -0.15) is 0 Å². The maximum atomic E-state index is 13.1. The van der Waals surface area contributed by atoms with E-state index in [9.17, 15) is 24.3 Å². The number of nitrogens with two attached hydrogens (primary N) is 1. The number of carboxylic acid groups (broad SMARTS) is 2. The molecular weight excluding hydrogens is 510 g/mol. The zero-order valence-electron chi connectivity index (χ0n) is 18.8. The number of β-lactam (4-membered cyclic amide) rings is 1. The Kier molecular flexibility index (Phi) is 7.26. The number of carbonyl (C=O) groups is 4. The fourth-order valence-corrected chi connectivity index (χ4v) is 5.68. The van der Waals surface area contributed by atoms with Crippen LogP contribution in [0.4, 0.5) is 5.13 Å². The van der Waals surface area contributed by atoms with E-state index in [1.165, 1.54) is 34.2 Å². The van der Waals surface area contributed by atoms with Crippen LogP contribution in [0.2, 0.25) is 0 Å². The number of hydrogen-bond acceptors (Lipinski definition) is 10. The molecule has 1 saturated heterocycles. The highest BCUT2D eigenvalue weighted by Crippen LogP contribution is 2.41. The van der Waals surface area contributed by atoms with Crippen LogP contribution in [0.1, 0.15) is 35.0 Å². The molecule has 0 unspecified atom stereocenters. The number of thioether (sulfide) groups is 1. The van der Waals surface area contributed by atoms with E-state index < -0.39 is 35.2 Å². The fourth-order valence-electron chi connectivity index (χ4n) is 3.68. The third-order valence-corrected chi connectivity index (χ3v) is 7.54. The highest BCUT2D eigenvalue weighted by atomic mass is 32.2. The van der Waals surface area contributed by atoms with Crippen LogP contribution in [-0.4, -0.2) is 66.7 Å². The maximum absolute atomic E-state index is 13.1. The minimum atomic E-state index is -1.18. The van der Waals surface area contributed by atoms with Crippen molar-refractivity contribution >= 4 is 57.7 Å². The van der Waals surface area contributed by atoms with Gasteiger partial charge >= 0.3 is 11.9 Å². The smallest absolute Gasteiger partial charge is 0.352 e. The SMILES string of the molecule is CCC1=C(C(=O)O)N2C(=O)[C@@H](NC(=O)/C(=N\OCc3ccc(C(=O)O)cc3)c3csc(N)n3)[C@H]2SC1. The number of aromatic nitrogens is 1. The Morgan fingerprint density at radius 3 is 2.56 bits per heavy atom. The second kappa shape index (κ2) is 10.4. The molecule has 0 spiro atoms. The van der Waals surface area contributed by atoms with Crippen molar-refractivity contribution < 1.29 is 34.2 Å². The number of benzene rings is 1. The molecule has 12 nitrogen and oxygen atoms in total. The third-order valence-electron chi connectivity index (χ3n) is 5.53. The summed E-state index contributed by atoms with van der Waals surface area (Å²) in [6.07, 6.45) is 0.501. The van der Waals surface area contributed by atoms with Gasteiger partial charge in [-0.1, -0.05) is 24.2 Å². The molecule has 188 valence electrons. The average Bonchev–Trinajstić information content (AvgIpc) is 3.29. The molecule has 2 atom stereocenters. The summed E-state index contributed by atoms with van der Waals surface area (Å²) >= 11 is 2.47. The number of aromatic carboxylic acids is 1. The summed E-state index contributed by atoms with van der Waals surface area (Å²) < 4.78 is 0. The zero-order valence-corrected chi connectivity index (χ0v) is 20.5. The minimum absolute atomic E-state index is 0.0323. The van der Waals surface area contributed by atoms with Crippen molar-refractivity contribution in [2.45, 2.75) is 31.4 Å². The monoisotopic (exact) mass is 531 g/mol. The number of hydrogen-bond donors (Lipinski definition) is 4. The van der Waals surface area contributed by atoms with Crippen LogP contribution < -0.4 is 11.1 Å². The standard InChI is InChI=1S/C22H21N5O7S2/c1-2-11-8-35-19-15(18(29)27(19)16(11)21(32)33)25-17(28)14(13-9-36-22(23)24-13)26-34-7-10-3-5-12(6-4-10)20(30)31/h3-6,9,15,19H,2,7-8H2,1H3,(H2,23,24)(H,25,28)(H,30,31)(H,32,33)/b26-14-/t15-,19-/m1/s1. The molecule has 14 heteroatoms. The molecule has 2 aliphatic rings. The Morgan fingerprint density at radius 1 is 1.25 bits per heavy atom. The maximum Gasteiger partial charge on any atom is 0.352 e. The topological polar surface area (TPSA) is 185 Å². The molecule has 1 aromatic carbocycles. The lowest BCUT2D eigenvalue weighted by Crippen LogP contribution is -2.71. The van der Waals surface area contributed by atoms with Gasteiger partial charge < -0.3 is 26.1 Å². The molecule has 2 aliphatic heterocycles. The van der Waals surface area contributed by atoms with E-state index in [4.69, 9.17) is 15.7 Å². The van der Waals surface area contributed by atoms with Gasteiger partial charge in [0.1, 0.15) is 29.4 Å². The lowest BCUT2D eigenvalue weighted by atomic mass is 10.0. The molecule has 1 aromatic heterocycles. The summed E-state index contributed by atoms with van der Waals surface area (Å²) in [7, 11) is 0. The number of aliphatic carboxylic acids is 1. The second-order valence-electron chi connectivity index (χ2n) is 7.76. The minimum Gasteiger partial charge on any atom is -0.478 e. The fraction of sp³-hybridized carbons (Fsp3) is 0.273. The number of anilines is 1. The highest BCUT2D eigenvalue weighted by Gasteiger charge is 2.54. The van der Waals surface area contributed by atoms with E-state index in [2.05, 4.69) is 15.5 Å². The van der Waals surface area contributed by atoms with Gasteiger partial charge in [0.25, 0.3) is 11.8 Å². The normalized spacial score (nSPS) is 19.4. The number of amides is 2.